The molecule has 110 valence electrons. The number of methoxy groups -OCH3 is 1. The summed E-state index contributed by atoms with van der Waals surface area (Å²) in [5.41, 5.74) is -0.296. The van der Waals surface area contributed by atoms with Crippen molar-refractivity contribution >= 4 is 15.7 Å². The van der Waals surface area contributed by atoms with Crippen LogP contribution in [-0.2, 0) is 10.0 Å². The Morgan fingerprint density at radius 2 is 2.25 bits per heavy atom. The van der Waals surface area contributed by atoms with Crippen molar-refractivity contribution in [1.29, 1.82) is 0 Å². The summed E-state index contributed by atoms with van der Waals surface area (Å²) in [5, 5.41) is 13.8. The van der Waals surface area contributed by atoms with Crippen molar-refractivity contribution in [2.24, 2.45) is 0 Å². The number of hydrogen-bond donors (Lipinski definition) is 2. The van der Waals surface area contributed by atoms with E-state index >= 15 is 0 Å². The highest BCUT2D eigenvalue weighted by molar-refractivity contribution is 7.89. The lowest BCUT2D eigenvalue weighted by Crippen LogP contribution is -2.36. The summed E-state index contributed by atoms with van der Waals surface area (Å²) >= 11 is 0. The lowest BCUT2D eigenvalue weighted by atomic mass is 10.3. The number of nitro benzene ring substituents is 1. The molecule has 0 spiro atoms. The van der Waals surface area contributed by atoms with E-state index in [1.807, 2.05) is 0 Å². The van der Waals surface area contributed by atoms with Gasteiger partial charge < -0.3 is 10.1 Å². The minimum absolute atomic E-state index is 0.0778. The van der Waals surface area contributed by atoms with Crippen molar-refractivity contribution in [2.45, 2.75) is 17.4 Å². The van der Waals surface area contributed by atoms with Crippen LogP contribution >= 0.6 is 0 Å². The van der Waals surface area contributed by atoms with Crippen LogP contribution in [0.4, 0.5) is 5.69 Å². The standard InChI is InChI=1S/C11H15N3O5S/c1-19-10-3-2-9(14(15)16)6-11(10)20(17,18)13-8-4-5-12-7-8/h2-3,6,8,12-13H,4-5,7H2,1H3/t8-/m1/s1. The summed E-state index contributed by atoms with van der Waals surface area (Å²) in [6.45, 7) is 1.27. The molecule has 0 amide bonds. The van der Waals surface area contributed by atoms with E-state index in [2.05, 4.69) is 10.0 Å². The molecule has 2 N–H and O–H groups in total. The maximum absolute atomic E-state index is 12.3. The first-order valence-electron chi connectivity index (χ1n) is 5.99. The van der Waals surface area contributed by atoms with Crippen LogP contribution in [-0.4, -0.2) is 39.6 Å². The molecule has 0 aliphatic carbocycles. The molecule has 1 saturated heterocycles. The monoisotopic (exact) mass is 301 g/mol. The number of ether oxygens (including phenoxy) is 1. The van der Waals surface area contributed by atoms with Gasteiger partial charge in [0.05, 0.1) is 12.0 Å². The first-order valence-corrected chi connectivity index (χ1v) is 7.48. The van der Waals surface area contributed by atoms with E-state index in [1.165, 1.54) is 19.2 Å². The van der Waals surface area contributed by atoms with Gasteiger partial charge >= 0.3 is 0 Å². The summed E-state index contributed by atoms with van der Waals surface area (Å²) in [6.07, 6.45) is 0.677. The Bertz CT molecular complexity index is 610. The van der Waals surface area contributed by atoms with Crippen molar-refractivity contribution in [2.75, 3.05) is 20.2 Å². The second-order valence-corrected chi connectivity index (χ2v) is 6.09. The molecule has 1 heterocycles. The largest absolute Gasteiger partial charge is 0.495 e. The van der Waals surface area contributed by atoms with E-state index in [-0.39, 0.29) is 22.4 Å². The molecule has 1 aromatic carbocycles. The van der Waals surface area contributed by atoms with Gasteiger partial charge in [0.1, 0.15) is 10.6 Å². The number of nitrogens with one attached hydrogen (secondary N) is 2. The molecule has 0 radical (unpaired) electrons. The molecule has 0 bridgehead atoms. The number of nitro groups is 1. The Labute approximate surface area is 116 Å². The molecule has 8 nitrogen and oxygen atoms in total. The van der Waals surface area contributed by atoms with E-state index in [1.54, 1.807) is 0 Å². The van der Waals surface area contributed by atoms with Crippen molar-refractivity contribution in [3.63, 3.8) is 0 Å². The second kappa shape index (κ2) is 5.73. The van der Waals surface area contributed by atoms with Crippen molar-refractivity contribution in [3.8, 4) is 5.75 Å². The maximum Gasteiger partial charge on any atom is 0.271 e. The topological polar surface area (TPSA) is 111 Å². The summed E-state index contributed by atoms with van der Waals surface area (Å²) < 4.78 is 32.1. The predicted octanol–water partition coefficient (Wildman–Crippen LogP) is 0.244. The molecule has 0 saturated carbocycles. The van der Waals surface area contributed by atoms with E-state index < -0.39 is 14.9 Å². The Morgan fingerprint density at radius 3 is 2.80 bits per heavy atom. The van der Waals surface area contributed by atoms with E-state index in [4.69, 9.17) is 4.74 Å². The Hall–Kier alpha value is -1.71. The van der Waals surface area contributed by atoms with Gasteiger partial charge in [-0.1, -0.05) is 0 Å². The Balaban J connectivity index is 2.37. The smallest absolute Gasteiger partial charge is 0.271 e. The lowest BCUT2D eigenvalue weighted by molar-refractivity contribution is -0.385. The quantitative estimate of drug-likeness (QED) is 0.595. The third-order valence-corrected chi connectivity index (χ3v) is 4.57. The molecule has 1 aliphatic heterocycles. The second-order valence-electron chi connectivity index (χ2n) is 4.40. The minimum atomic E-state index is -3.86. The van der Waals surface area contributed by atoms with Gasteiger partial charge in [0.15, 0.2) is 0 Å². The lowest BCUT2D eigenvalue weighted by Gasteiger charge is -2.14. The number of rotatable bonds is 5. The van der Waals surface area contributed by atoms with Crippen LogP contribution in [0, 0.1) is 10.1 Å². The molecular formula is C11H15N3O5S. The number of hydrogen-bond acceptors (Lipinski definition) is 6. The highest BCUT2D eigenvalue weighted by atomic mass is 32.2. The average molecular weight is 301 g/mol. The van der Waals surface area contributed by atoms with Gasteiger partial charge in [-0.15, -0.1) is 0 Å². The van der Waals surface area contributed by atoms with Gasteiger partial charge in [-0.05, 0) is 19.0 Å². The molecular weight excluding hydrogens is 286 g/mol. The minimum Gasteiger partial charge on any atom is -0.495 e. The van der Waals surface area contributed by atoms with Crippen LogP contribution in [0.15, 0.2) is 23.1 Å². The summed E-state index contributed by atoms with van der Waals surface area (Å²) in [6, 6.07) is 3.27. The van der Waals surface area contributed by atoms with Gasteiger partial charge in [-0.2, -0.15) is 0 Å². The van der Waals surface area contributed by atoms with Crippen LogP contribution in [0.1, 0.15) is 6.42 Å². The SMILES string of the molecule is COc1ccc([N+](=O)[O-])cc1S(=O)(=O)N[C@@H]1CCNC1. The normalized spacial score (nSPS) is 18.9. The first kappa shape index (κ1) is 14.7. The predicted molar refractivity (Wildman–Crippen MR) is 71.2 cm³/mol. The maximum atomic E-state index is 12.3. The summed E-state index contributed by atoms with van der Waals surface area (Å²) in [4.78, 5) is 9.90. The van der Waals surface area contributed by atoms with E-state index in [9.17, 15) is 18.5 Å². The van der Waals surface area contributed by atoms with Crippen LogP contribution in [0.3, 0.4) is 0 Å². The van der Waals surface area contributed by atoms with Gasteiger partial charge in [-0.25, -0.2) is 13.1 Å². The first-order chi connectivity index (χ1) is 9.44. The van der Waals surface area contributed by atoms with Crippen LogP contribution in [0.25, 0.3) is 0 Å². The number of sulfonamides is 1. The van der Waals surface area contributed by atoms with Gasteiger partial charge in [0, 0.05) is 24.7 Å². The van der Waals surface area contributed by atoms with Crippen molar-refractivity contribution in [1.82, 2.24) is 10.0 Å². The molecule has 2 rings (SSSR count). The molecule has 9 heteroatoms. The van der Waals surface area contributed by atoms with Crippen molar-refractivity contribution < 1.29 is 18.1 Å². The van der Waals surface area contributed by atoms with Gasteiger partial charge in [0.25, 0.3) is 5.69 Å². The number of benzene rings is 1. The molecule has 1 atom stereocenters. The zero-order valence-corrected chi connectivity index (χ0v) is 11.6. The molecule has 20 heavy (non-hydrogen) atoms. The zero-order valence-electron chi connectivity index (χ0n) is 10.8. The third kappa shape index (κ3) is 3.06. The van der Waals surface area contributed by atoms with Crippen LogP contribution in [0.2, 0.25) is 0 Å². The van der Waals surface area contributed by atoms with E-state index in [0.717, 1.165) is 12.6 Å². The fourth-order valence-electron chi connectivity index (χ4n) is 2.03. The molecule has 0 aromatic heterocycles. The van der Waals surface area contributed by atoms with E-state index in [0.29, 0.717) is 13.0 Å². The van der Waals surface area contributed by atoms with Crippen LogP contribution in [0.5, 0.6) is 5.75 Å². The molecule has 1 fully saturated rings. The zero-order chi connectivity index (χ0) is 14.8. The summed E-state index contributed by atoms with van der Waals surface area (Å²) in [5.74, 6) is 0.0778. The highest BCUT2D eigenvalue weighted by Crippen LogP contribution is 2.28. The third-order valence-electron chi connectivity index (χ3n) is 3.03. The van der Waals surface area contributed by atoms with Gasteiger partial charge in [-0.3, -0.25) is 10.1 Å². The molecule has 1 aliphatic rings. The number of nitrogens with zero attached hydrogens (tertiary/aromatic N) is 1. The fourth-order valence-corrected chi connectivity index (χ4v) is 3.49. The van der Waals surface area contributed by atoms with Crippen molar-refractivity contribution in [3.05, 3.63) is 28.3 Å². The Morgan fingerprint density at radius 1 is 1.50 bits per heavy atom. The molecule has 0 unspecified atom stereocenters. The Kier molecular flexibility index (Phi) is 4.21. The fraction of sp³-hybridized carbons (Fsp3) is 0.455. The number of non-ortho nitro benzene ring substituents is 1. The van der Waals surface area contributed by atoms with Gasteiger partial charge in [0.2, 0.25) is 10.0 Å². The average Bonchev–Trinajstić information content (AvgIpc) is 2.90. The summed E-state index contributed by atoms with van der Waals surface area (Å²) in [7, 11) is -2.55. The van der Waals surface area contributed by atoms with Crippen LogP contribution < -0.4 is 14.8 Å². The molecule has 1 aromatic rings. The highest BCUT2D eigenvalue weighted by Gasteiger charge is 2.27.